The van der Waals surface area contributed by atoms with Crippen LogP contribution in [-0.2, 0) is 9.53 Å². The number of aromatic amines is 1. The van der Waals surface area contributed by atoms with E-state index in [1.54, 1.807) is 6.92 Å². The number of fused-ring (bicyclic) bond motifs is 2. The van der Waals surface area contributed by atoms with Gasteiger partial charge in [-0.1, -0.05) is 0 Å². The van der Waals surface area contributed by atoms with E-state index < -0.39 is 0 Å². The summed E-state index contributed by atoms with van der Waals surface area (Å²) in [6.45, 7) is 8.98. The number of nitrogens with one attached hydrogen (secondary N) is 1. The number of benzene rings is 1. The van der Waals surface area contributed by atoms with Gasteiger partial charge in [-0.3, -0.25) is 9.89 Å². The predicted octanol–water partition coefficient (Wildman–Crippen LogP) is 1.75. The number of anilines is 4. The van der Waals surface area contributed by atoms with E-state index in [1.165, 1.54) is 0 Å². The molecule has 6 heterocycles. The van der Waals surface area contributed by atoms with Crippen molar-refractivity contribution in [2.24, 2.45) is 11.1 Å². The second-order valence-electron chi connectivity index (χ2n) is 11.6. The summed E-state index contributed by atoms with van der Waals surface area (Å²) in [5, 5.41) is 17.3. The Morgan fingerprint density at radius 2 is 2.00 bits per heavy atom. The van der Waals surface area contributed by atoms with Gasteiger partial charge in [-0.15, -0.1) is 0 Å². The first-order valence-electron chi connectivity index (χ1n) is 14.0. The Labute approximate surface area is 232 Å². The first kappa shape index (κ1) is 25.0. The molecular formula is C28H34N10O2. The number of rotatable bonds is 3. The van der Waals surface area contributed by atoms with Crippen molar-refractivity contribution in [1.29, 1.82) is 5.26 Å². The van der Waals surface area contributed by atoms with E-state index in [0.29, 0.717) is 36.4 Å². The number of likely N-dealkylation sites (tertiary alicyclic amines) is 1. The van der Waals surface area contributed by atoms with Gasteiger partial charge in [0.25, 0.3) is 0 Å². The number of amides is 1. The maximum Gasteiger partial charge on any atom is 0.219 e. The lowest BCUT2D eigenvalue weighted by molar-refractivity contribution is -0.133. The largest absolute Gasteiger partial charge is 0.376 e. The normalized spacial score (nSPS) is 24.4. The molecule has 12 nitrogen and oxygen atoms in total. The second kappa shape index (κ2) is 9.31. The number of carbonyl (C=O) groups excluding carboxylic acids is 1. The number of nitrogens with two attached hydrogens (primary N) is 1. The van der Waals surface area contributed by atoms with Gasteiger partial charge in [-0.05, 0) is 38.0 Å². The second-order valence-corrected chi connectivity index (χ2v) is 11.6. The minimum absolute atomic E-state index is 0.0549. The zero-order valence-electron chi connectivity index (χ0n) is 22.9. The third-order valence-corrected chi connectivity index (χ3v) is 9.44. The van der Waals surface area contributed by atoms with E-state index in [1.807, 2.05) is 29.3 Å². The Hall–Kier alpha value is -3.95. The topological polar surface area (TPSA) is 144 Å². The highest BCUT2D eigenvalue weighted by Gasteiger charge is 2.47. The van der Waals surface area contributed by atoms with Crippen molar-refractivity contribution in [3.63, 3.8) is 0 Å². The van der Waals surface area contributed by atoms with Crippen LogP contribution in [-0.4, -0.2) is 95.0 Å². The van der Waals surface area contributed by atoms with Crippen LogP contribution in [0.2, 0.25) is 0 Å². The van der Waals surface area contributed by atoms with Crippen molar-refractivity contribution in [2.45, 2.75) is 44.9 Å². The molecule has 0 bridgehead atoms. The number of H-pyrrole nitrogens is 1. The van der Waals surface area contributed by atoms with Crippen LogP contribution >= 0.6 is 0 Å². The number of carbonyl (C=O) groups is 1. The van der Waals surface area contributed by atoms with Crippen molar-refractivity contribution in [3.8, 4) is 6.07 Å². The van der Waals surface area contributed by atoms with Crippen molar-refractivity contribution >= 4 is 40.1 Å². The lowest BCUT2D eigenvalue weighted by Gasteiger charge is -2.49. The standard InChI is InChI=1S/C28H34N10O2/c1-17-25(30)28(16-40-17)5-7-35(8-6-28)23-13-31-24-26(32-23)33-34-27(24)38-10-9-37(20-14-36(15-20)18(2)39)22-11-19(12-29)3-4-21(22)38/h3-4,11,13,17,20,25H,5-10,14-16,30H2,1-2H3,(H,32,33,34)/t17-,25+/m0/s1. The summed E-state index contributed by atoms with van der Waals surface area (Å²) in [5.41, 5.74) is 10.5. The quantitative estimate of drug-likeness (QED) is 0.502. The van der Waals surface area contributed by atoms with Crippen LogP contribution in [0.3, 0.4) is 0 Å². The van der Waals surface area contributed by atoms with E-state index in [0.717, 1.165) is 62.1 Å². The minimum Gasteiger partial charge on any atom is -0.376 e. The lowest BCUT2D eigenvalue weighted by atomic mass is 9.73. The van der Waals surface area contributed by atoms with E-state index in [-0.39, 0.29) is 29.5 Å². The molecule has 3 saturated heterocycles. The molecule has 7 rings (SSSR count). The fraction of sp³-hybridized carbons (Fsp3) is 0.536. The summed E-state index contributed by atoms with van der Waals surface area (Å²) in [4.78, 5) is 30.1. The zero-order chi connectivity index (χ0) is 27.6. The molecule has 3 fully saturated rings. The van der Waals surface area contributed by atoms with Gasteiger partial charge in [-0.2, -0.15) is 10.4 Å². The summed E-state index contributed by atoms with van der Waals surface area (Å²) in [6.07, 6.45) is 3.90. The van der Waals surface area contributed by atoms with Crippen LogP contribution in [0.4, 0.5) is 23.0 Å². The first-order chi connectivity index (χ1) is 19.4. The van der Waals surface area contributed by atoms with Crippen LogP contribution < -0.4 is 20.4 Å². The predicted molar refractivity (Wildman–Crippen MR) is 151 cm³/mol. The number of nitrogens with zero attached hydrogens (tertiary/aromatic N) is 8. The molecule has 2 atom stereocenters. The molecule has 3 N–H and O–H groups in total. The van der Waals surface area contributed by atoms with Crippen molar-refractivity contribution in [3.05, 3.63) is 30.0 Å². The Kier molecular flexibility index (Phi) is 5.83. The summed E-state index contributed by atoms with van der Waals surface area (Å²) in [5.74, 6) is 1.65. The van der Waals surface area contributed by atoms with Crippen LogP contribution in [0, 0.1) is 16.7 Å². The van der Waals surface area contributed by atoms with Gasteiger partial charge in [0.05, 0.1) is 48.0 Å². The SMILES string of the molecule is CC(=O)N1CC(N2CCN(c3n[nH]c4nc(N5CCC6(CC5)CO[C@@H](C)[C@H]6N)cnc34)c3ccc(C#N)cc32)C1. The minimum atomic E-state index is 0.0549. The van der Waals surface area contributed by atoms with Crippen LogP contribution in [0.15, 0.2) is 24.4 Å². The molecule has 1 aromatic carbocycles. The fourth-order valence-electron chi connectivity index (χ4n) is 6.78. The van der Waals surface area contributed by atoms with E-state index in [2.05, 4.69) is 37.9 Å². The van der Waals surface area contributed by atoms with E-state index in [9.17, 15) is 10.1 Å². The molecule has 4 aliphatic heterocycles. The molecule has 0 aliphatic carbocycles. The number of ether oxygens (including phenoxy) is 1. The van der Waals surface area contributed by atoms with Gasteiger partial charge in [0.1, 0.15) is 5.82 Å². The molecule has 3 aromatic rings. The summed E-state index contributed by atoms with van der Waals surface area (Å²) < 4.78 is 5.87. The number of piperidine rings is 1. The maximum atomic E-state index is 11.8. The molecule has 4 aliphatic rings. The van der Waals surface area contributed by atoms with E-state index >= 15 is 0 Å². The number of hydrogen-bond acceptors (Lipinski definition) is 10. The lowest BCUT2D eigenvalue weighted by Crippen LogP contribution is -2.62. The maximum absolute atomic E-state index is 11.8. The molecular weight excluding hydrogens is 508 g/mol. The van der Waals surface area contributed by atoms with Gasteiger partial charge in [0.2, 0.25) is 5.91 Å². The number of aromatic nitrogens is 4. The highest BCUT2D eigenvalue weighted by Crippen LogP contribution is 2.43. The average Bonchev–Trinajstić information content (AvgIpc) is 3.48. The van der Waals surface area contributed by atoms with Gasteiger partial charge >= 0.3 is 0 Å². The van der Waals surface area contributed by atoms with Gasteiger partial charge in [0, 0.05) is 57.6 Å². The average molecular weight is 543 g/mol. The highest BCUT2D eigenvalue weighted by molar-refractivity contribution is 5.91. The van der Waals surface area contributed by atoms with Crippen LogP contribution in [0.5, 0.6) is 0 Å². The van der Waals surface area contributed by atoms with Crippen molar-refractivity contribution in [2.75, 3.05) is 60.6 Å². The summed E-state index contributed by atoms with van der Waals surface area (Å²) in [7, 11) is 0. The molecule has 12 heteroatoms. The number of nitriles is 1. The molecule has 40 heavy (non-hydrogen) atoms. The van der Waals surface area contributed by atoms with Gasteiger partial charge in [0.15, 0.2) is 17.0 Å². The third kappa shape index (κ3) is 3.87. The van der Waals surface area contributed by atoms with Gasteiger partial charge in [-0.25, -0.2) is 9.97 Å². The molecule has 0 radical (unpaired) electrons. The van der Waals surface area contributed by atoms with E-state index in [4.69, 9.17) is 20.4 Å². The number of hydrogen-bond donors (Lipinski definition) is 2. The Morgan fingerprint density at radius 1 is 1.20 bits per heavy atom. The summed E-state index contributed by atoms with van der Waals surface area (Å²) in [6, 6.07) is 8.31. The third-order valence-electron chi connectivity index (χ3n) is 9.44. The fourth-order valence-corrected chi connectivity index (χ4v) is 6.78. The van der Waals surface area contributed by atoms with Crippen molar-refractivity contribution in [1.82, 2.24) is 25.1 Å². The Balaban J connectivity index is 1.14. The Morgan fingerprint density at radius 3 is 2.70 bits per heavy atom. The van der Waals surface area contributed by atoms with Crippen LogP contribution in [0.1, 0.15) is 32.3 Å². The Bertz CT molecular complexity index is 1500. The zero-order valence-corrected chi connectivity index (χ0v) is 22.9. The first-order valence-corrected chi connectivity index (χ1v) is 14.0. The molecule has 2 aromatic heterocycles. The smallest absolute Gasteiger partial charge is 0.219 e. The molecule has 1 amide bonds. The monoisotopic (exact) mass is 542 g/mol. The highest BCUT2D eigenvalue weighted by atomic mass is 16.5. The molecule has 0 unspecified atom stereocenters. The summed E-state index contributed by atoms with van der Waals surface area (Å²) >= 11 is 0. The van der Waals surface area contributed by atoms with Crippen molar-refractivity contribution < 1.29 is 9.53 Å². The van der Waals surface area contributed by atoms with Gasteiger partial charge < -0.3 is 30.1 Å². The van der Waals surface area contributed by atoms with Crippen LogP contribution in [0.25, 0.3) is 11.2 Å². The molecule has 0 saturated carbocycles. The molecule has 208 valence electrons. The molecule has 1 spiro atoms.